The third kappa shape index (κ3) is 4.73. The molecule has 6 heteroatoms. The number of rotatable bonds is 6. The van der Waals surface area contributed by atoms with Gasteiger partial charge in [0, 0.05) is 29.7 Å². The fourth-order valence-electron chi connectivity index (χ4n) is 4.64. The fourth-order valence-corrected chi connectivity index (χ4v) is 4.64. The van der Waals surface area contributed by atoms with Crippen molar-refractivity contribution in [3.8, 4) is 0 Å². The molecule has 0 radical (unpaired) electrons. The summed E-state index contributed by atoms with van der Waals surface area (Å²) in [5, 5.41) is 9.31. The largest absolute Gasteiger partial charge is 0.455 e. The lowest BCUT2D eigenvalue weighted by molar-refractivity contribution is 0.0922. The number of hydrazone groups is 1. The molecule has 0 saturated carbocycles. The van der Waals surface area contributed by atoms with E-state index >= 15 is 0 Å². The van der Waals surface area contributed by atoms with Gasteiger partial charge in [0.1, 0.15) is 5.76 Å². The zero-order chi connectivity index (χ0) is 24.2. The van der Waals surface area contributed by atoms with Gasteiger partial charge in [-0.25, -0.2) is 5.43 Å². The fraction of sp³-hybridized carbons (Fsp3) is 0.207. The number of amides is 2. The molecule has 0 atom stereocenters. The Labute approximate surface area is 204 Å². The van der Waals surface area contributed by atoms with Gasteiger partial charge >= 0.3 is 0 Å². The van der Waals surface area contributed by atoms with Crippen LogP contribution in [0, 0.1) is 6.92 Å². The van der Waals surface area contributed by atoms with Crippen LogP contribution in [0.15, 0.2) is 82.3 Å². The second-order valence-electron chi connectivity index (χ2n) is 8.73. The van der Waals surface area contributed by atoms with Crippen molar-refractivity contribution in [1.29, 1.82) is 0 Å². The standard InChI is InChI=1S/C29H27N3O3/c1-19-26-24(31-32-28(33)23-14-7-12-21-11-5-6-13-22(21)23)15-8-16-25(26)35-27(19)29(34)30-18-17-20-9-3-2-4-10-20/h2-7,9-14H,8,15-18H2,1H3,(H,30,34)(H,32,33)/b31-24+. The van der Waals surface area contributed by atoms with Gasteiger partial charge in [-0.05, 0) is 48.6 Å². The number of nitrogens with zero attached hydrogens (tertiary/aromatic N) is 1. The number of aryl methyl sites for hydroxylation is 1. The normalized spacial score (nSPS) is 14.0. The van der Waals surface area contributed by atoms with Crippen LogP contribution in [-0.2, 0) is 12.8 Å². The molecule has 1 aliphatic carbocycles. The third-order valence-corrected chi connectivity index (χ3v) is 6.40. The number of nitrogens with one attached hydrogen (secondary N) is 2. The molecular weight excluding hydrogens is 438 g/mol. The zero-order valence-corrected chi connectivity index (χ0v) is 19.6. The van der Waals surface area contributed by atoms with Crippen LogP contribution in [0.4, 0.5) is 0 Å². The van der Waals surface area contributed by atoms with Crippen molar-refractivity contribution in [2.24, 2.45) is 5.10 Å². The summed E-state index contributed by atoms with van der Waals surface area (Å²) in [5.41, 5.74) is 6.80. The summed E-state index contributed by atoms with van der Waals surface area (Å²) in [6.45, 7) is 2.40. The van der Waals surface area contributed by atoms with Crippen molar-refractivity contribution in [3.05, 3.63) is 107 Å². The van der Waals surface area contributed by atoms with Crippen molar-refractivity contribution in [2.45, 2.75) is 32.6 Å². The molecule has 0 bridgehead atoms. The Morgan fingerprint density at radius 1 is 0.914 bits per heavy atom. The van der Waals surface area contributed by atoms with Gasteiger partial charge in [0.05, 0.1) is 5.71 Å². The van der Waals surface area contributed by atoms with E-state index in [1.54, 1.807) is 6.07 Å². The number of hydrogen-bond acceptors (Lipinski definition) is 4. The predicted octanol–water partition coefficient (Wildman–Crippen LogP) is 5.18. The average molecular weight is 466 g/mol. The summed E-state index contributed by atoms with van der Waals surface area (Å²) in [6, 6.07) is 23.4. The van der Waals surface area contributed by atoms with Gasteiger partial charge in [-0.3, -0.25) is 9.59 Å². The molecule has 1 heterocycles. The monoisotopic (exact) mass is 465 g/mol. The van der Waals surface area contributed by atoms with Crippen molar-refractivity contribution in [3.63, 3.8) is 0 Å². The molecule has 0 aliphatic heterocycles. The van der Waals surface area contributed by atoms with Crippen LogP contribution in [0.5, 0.6) is 0 Å². The van der Waals surface area contributed by atoms with E-state index in [4.69, 9.17) is 4.42 Å². The summed E-state index contributed by atoms with van der Waals surface area (Å²) in [4.78, 5) is 25.8. The van der Waals surface area contributed by atoms with E-state index in [9.17, 15) is 9.59 Å². The minimum atomic E-state index is -0.263. The first-order chi connectivity index (χ1) is 17.1. The molecule has 176 valence electrons. The Morgan fingerprint density at radius 2 is 1.69 bits per heavy atom. The lowest BCUT2D eigenvalue weighted by atomic mass is 9.93. The number of furan rings is 1. The maximum absolute atomic E-state index is 12.9. The SMILES string of the molecule is Cc1c(C(=O)NCCc2ccccc2)oc2c1/C(=N/NC(=O)c1cccc3ccccc13)CCC2. The van der Waals surface area contributed by atoms with E-state index in [0.29, 0.717) is 24.3 Å². The maximum atomic E-state index is 12.9. The van der Waals surface area contributed by atoms with Gasteiger partial charge in [0.2, 0.25) is 0 Å². The van der Waals surface area contributed by atoms with Crippen LogP contribution in [0.2, 0.25) is 0 Å². The smallest absolute Gasteiger partial charge is 0.287 e. The number of carbonyl (C=O) groups is 2. The Bertz CT molecular complexity index is 1410. The molecule has 0 spiro atoms. The van der Waals surface area contributed by atoms with Crippen molar-refractivity contribution >= 4 is 28.3 Å². The van der Waals surface area contributed by atoms with Gasteiger partial charge in [-0.15, -0.1) is 0 Å². The predicted molar refractivity (Wildman–Crippen MR) is 137 cm³/mol. The molecule has 3 aromatic carbocycles. The highest BCUT2D eigenvalue weighted by Crippen LogP contribution is 2.30. The maximum Gasteiger partial charge on any atom is 0.287 e. The number of fused-ring (bicyclic) bond motifs is 2. The molecule has 0 unspecified atom stereocenters. The van der Waals surface area contributed by atoms with Gasteiger partial charge in [-0.2, -0.15) is 5.10 Å². The number of carbonyl (C=O) groups excluding carboxylic acids is 2. The van der Waals surface area contributed by atoms with E-state index in [1.807, 2.05) is 73.7 Å². The lowest BCUT2D eigenvalue weighted by Gasteiger charge is -2.13. The highest BCUT2D eigenvalue weighted by atomic mass is 16.4. The number of benzene rings is 3. The Morgan fingerprint density at radius 3 is 2.54 bits per heavy atom. The Kier molecular flexibility index (Phi) is 6.44. The minimum Gasteiger partial charge on any atom is -0.455 e. The minimum absolute atomic E-state index is 0.230. The first kappa shape index (κ1) is 22.6. The Balaban J connectivity index is 1.32. The van der Waals surface area contributed by atoms with E-state index in [-0.39, 0.29) is 11.8 Å². The quantitative estimate of drug-likeness (QED) is 0.385. The van der Waals surface area contributed by atoms with E-state index in [2.05, 4.69) is 15.8 Å². The molecule has 5 rings (SSSR count). The van der Waals surface area contributed by atoms with Crippen LogP contribution in [0.25, 0.3) is 10.8 Å². The summed E-state index contributed by atoms with van der Waals surface area (Å²) in [5.74, 6) is 0.576. The summed E-state index contributed by atoms with van der Waals surface area (Å²) < 4.78 is 5.98. The number of hydrogen-bond donors (Lipinski definition) is 2. The van der Waals surface area contributed by atoms with Crippen LogP contribution in [0.1, 0.15) is 56.2 Å². The van der Waals surface area contributed by atoms with E-state index in [0.717, 1.165) is 52.6 Å². The highest BCUT2D eigenvalue weighted by molar-refractivity contribution is 6.09. The molecule has 6 nitrogen and oxygen atoms in total. The van der Waals surface area contributed by atoms with Crippen molar-refractivity contribution in [2.75, 3.05) is 6.54 Å². The molecule has 0 fully saturated rings. The summed E-state index contributed by atoms with van der Waals surface area (Å²) in [7, 11) is 0. The second-order valence-corrected chi connectivity index (χ2v) is 8.73. The van der Waals surface area contributed by atoms with Crippen LogP contribution in [-0.4, -0.2) is 24.1 Å². The van der Waals surface area contributed by atoms with Gasteiger partial charge in [0.15, 0.2) is 5.76 Å². The van der Waals surface area contributed by atoms with Crippen LogP contribution in [0.3, 0.4) is 0 Å². The average Bonchev–Trinajstić information content (AvgIpc) is 3.24. The molecule has 2 N–H and O–H groups in total. The molecule has 1 aromatic heterocycles. The van der Waals surface area contributed by atoms with Gasteiger partial charge in [0.25, 0.3) is 11.8 Å². The molecule has 35 heavy (non-hydrogen) atoms. The lowest BCUT2D eigenvalue weighted by Crippen LogP contribution is -2.26. The van der Waals surface area contributed by atoms with Crippen LogP contribution < -0.4 is 10.7 Å². The zero-order valence-electron chi connectivity index (χ0n) is 19.6. The highest BCUT2D eigenvalue weighted by Gasteiger charge is 2.28. The summed E-state index contributed by atoms with van der Waals surface area (Å²) in [6.07, 6.45) is 3.04. The topological polar surface area (TPSA) is 83.7 Å². The molecule has 2 amide bonds. The van der Waals surface area contributed by atoms with E-state index in [1.165, 1.54) is 5.56 Å². The first-order valence-corrected chi connectivity index (χ1v) is 11.9. The second kappa shape index (κ2) is 9.97. The van der Waals surface area contributed by atoms with E-state index < -0.39 is 0 Å². The third-order valence-electron chi connectivity index (χ3n) is 6.40. The Hall–Kier alpha value is -4.19. The first-order valence-electron chi connectivity index (χ1n) is 11.9. The molecule has 1 aliphatic rings. The van der Waals surface area contributed by atoms with Crippen molar-refractivity contribution < 1.29 is 14.0 Å². The van der Waals surface area contributed by atoms with Crippen molar-refractivity contribution in [1.82, 2.24) is 10.7 Å². The molecule has 0 saturated heterocycles. The summed E-state index contributed by atoms with van der Waals surface area (Å²) >= 11 is 0. The van der Waals surface area contributed by atoms with Gasteiger partial charge in [-0.1, -0.05) is 66.7 Å². The molecular formula is C29H27N3O3. The molecule has 4 aromatic rings. The van der Waals surface area contributed by atoms with Crippen LogP contribution >= 0.6 is 0 Å². The van der Waals surface area contributed by atoms with Gasteiger partial charge < -0.3 is 9.73 Å².